The minimum Gasteiger partial charge on any atom is -0.481 e. The number of aliphatic carboxylic acids is 2. The molecule has 0 spiro atoms. The molecule has 0 heterocycles. The molecule has 0 fully saturated rings. The van der Waals surface area contributed by atoms with Gasteiger partial charge >= 0.3 is 11.9 Å². The van der Waals surface area contributed by atoms with Crippen LogP contribution in [0.2, 0.25) is 0 Å². The quantitative estimate of drug-likeness (QED) is 0.541. The third-order valence-electron chi connectivity index (χ3n) is 1.62. The summed E-state index contributed by atoms with van der Waals surface area (Å²) in [4.78, 5) is 20.6. The van der Waals surface area contributed by atoms with E-state index in [0.717, 1.165) is 0 Å². The van der Waals surface area contributed by atoms with Gasteiger partial charge in [0.2, 0.25) is 0 Å². The fourth-order valence-corrected chi connectivity index (χ4v) is 0.890. The van der Waals surface area contributed by atoms with Gasteiger partial charge in [-0.25, -0.2) is 0 Å². The Morgan fingerprint density at radius 3 is 2.17 bits per heavy atom. The molecule has 0 aliphatic rings. The molecule has 0 aliphatic carbocycles. The van der Waals surface area contributed by atoms with Crippen LogP contribution in [0.3, 0.4) is 0 Å². The molecule has 2 atom stereocenters. The molecule has 0 radical (unpaired) electrons. The van der Waals surface area contributed by atoms with Gasteiger partial charge in [0, 0.05) is 12.5 Å². The summed E-state index contributed by atoms with van der Waals surface area (Å²) in [5, 5.41) is 16.9. The number of hydrogen-bond donors (Lipinski definition) is 3. The van der Waals surface area contributed by atoms with Gasteiger partial charge in [-0.05, 0) is 13.3 Å². The molecule has 0 amide bonds. The van der Waals surface area contributed by atoms with Crippen molar-refractivity contribution in [2.24, 2.45) is 11.7 Å². The molecule has 4 N–H and O–H groups in total. The maximum atomic E-state index is 10.5. The summed E-state index contributed by atoms with van der Waals surface area (Å²) in [7, 11) is 0. The highest BCUT2D eigenvalue weighted by Crippen LogP contribution is 2.10. The summed E-state index contributed by atoms with van der Waals surface area (Å²) in [6.45, 7) is 1.56. The van der Waals surface area contributed by atoms with Crippen LogP contribution in [0, 0.1) is 5.92 Å². The fourth-order valence-electron chi connectivity index (χ4n) is 0.890. The number of hydrogen-bond acceptors (Lipinski definition) is 3. The molecule has 0 saturated heterocycles. The molecule has 0 aliphatic heterocycles. The lowest BCUT2D eigenvalue weighted by atomic mass is 9.97. The van der Waals surface area contributed by atoms with Gasteiger partial charge in [-0.3, -0.25) is 9.59 Å². The fraction of sp³-hybridized carbons (Fsp3) is 0.714. The Hall–Kier alpha value is -1.10. The summed E-state index contributed by atoms with van der Waals surface area (Å²) in [6, 6.07) is -0.512. The first-order valence-electron chi connectivity index (χ1n) is 3.65. The zero-order valence-corrected chi connectivity index (χ0v) is 6.86. The normalized spacial score (nSPS) is 15.2. The standard InChI is InChI=1S/C7H13NO4/c1-4(8)5(7(11)12)2-3-6(9)10/h4-5H,2-3,8H2,1H3,(H,9,10)(H,11,12)/t4-,5-/m1/s1. The second kappa shape index (κ2) is 4.71. The lowest BCUT2D eigenvalue weighted by molar-refractivity contribution is -0.143. The van der Waals surface area contributed by atoms with Crippen molar-refractivity contribution >= 4 is 11.9 Å². The third kappa shape index (κ3) is 3.92. The molecule has 0 aromatic rings. The molecule has 0 aromatic heterocycles. The van der Waals surface area contributed by atoms with E-state index in [-0.39, 0.29) is 12.8 Å². The number of carbonyl (C=O) groups is 2. The van der Waals surface area contributed by atoms with E-state index in [0.29, 0.717) is 0 Å². The lowest BCUT2D eigenvalue weighted by Gasteiger charge is -2.14. The second-order valence-electron chi connectivity index (χ2n) is 2.74. The maximum absolute atomic E-state index is 10.5. The molecule has 0 unspecified atom stereocenters. The topological polar surface area (TPSA) is 101 Å². The number of carboxylic acids is 2. The van der Waals surface area contributed by atoms with E-state index in [1.165, 1.54) is 0 Å². The highest BCUT2D eigenvalue weighted by atomic mass is 16.4. The summed E-state index contributed by atoms with van der Waals surface area (Å²) in [6.07, 6.45) is -0.0686. The van der Waals surface area contributed by atoms with E-state index in [9.17, 15) is 9.59 Å². The van der Waals surface area contributed by atoms with E-state index in [1.807, 2.05) is 0 Å². The first-order chi connectivity index (χ1) is 5.45. The average molecular weight is 175 g/mol. The van der Waals surface area contributed by atoms with Crippen LogP contribution >= 0.6 is 0 Å². The Labute approximate surface area is 70.2 Å². The Morgan fingerprint density at radius 1 is 1.42 bits per heavy atom. The van der Waals surface area contributed by atoms with Crippen molar-refractivity contribution in [3.05, 3.63) is 0 Å². The predicted molar refractivity (Wildman–Crippen MR) is 41.6 cm³/mol. The molecular weight excluding hydrogens is 162 g/mol. The van der Waals surface area contributed by atoms with Crippen LogP contribution < -0.4 is 5.73 Å². The summed E-state index contributed by atoms with van der Waals surface area (Å²) in [5.41, 5.74) is 5.35. The van der Waals surface area contributed by atoms with Crippen molar-refractivity contribution < 1.29 is 19.8 Å². The molecule has 0 rings (SSSR count). The van der Waals surface area contributed by atoms with Gasteiger partial charge in [0.05, 0.1) is 5.92 Å². The molecule has 12 heavy (non-hydrogen) atoms. The van der Waals surface area contributed by atoms with Gasteiger partial charge in [0.25, 0.3) is 0 Å². The largest absolute Gasteiger partial charge is 0.481 e. The minimum absolute atomic E-state index is 0.0856. The molecule has 70 valence electrons. The van der Waals surface area contributed by atoms with Crippen molar-refractivity contribution in [3.8, 4) is 0 Å². The van der Waals surface area contributed by atoms with Crippen LogP contribution in [0.1, 0.15) is 19.8 Å². The van der Waals surface area contributed by atoms with Crippen molar-refractivity contribution in [2.75, 3.05) is 0 Å². The van der Waals surface area contributed by atoms with E-state index in [1.54, 1.807) is 6.92 Å². The minimum atomic E-state index is -1.04. The highest BCUT2D eigenvalue weighted by Gasteiger charge is 2.22. The van der Waals surface area contributed by atoms with Crippen molar-refractivity contribution in [1.29, 1.82) is 0 Å². The van der Waals surface area contributed by atoms with Gasteiger partial charge in [0.15, 0.2) is 0 Å². The molecule has 5 nitrogen and oxygen atoms in total. The monoisotopic (exact) mass is 175 g/mol. The van der Waals surface area contributed by atoms with Gasteiger partial charge in [-0.1, -0.05) is 0 Å². The number of rotatable bonds is 5. The Bertz CT molecular complexity index is 178. The lowest BCUT2D eigenvalue weighted by Crippen LogP contribution is -2.33. The molecule has 5 heteroatoms. The van der Waals surface area contributed by atoms with Gasteiger partial charge < -0.3 is 15.9 Å². The summed E-state index contributed by atoms with van der Waals surface area (Å²) < 4.78 is 0. The SMILES string of the molecule is C[C@@H](N)[C@@H](CCC(=O)O)C(=O)O. The smallest absolute Gasteiger partial charge is 0.308 e. The third-order valence-corrected chi connectivity index (χ3v) is 1.62. The van der Waals surface area contributed by atoms with Crippen LogP contribution in [0.15, 0.2) is 0 Å². The highest BCUT2D eigenvalue weighted by molar-refractivity contribution is 5.72. The molecule has 0 bridgehead atoms. The van der Waals surface area contributed by atoms with Gasteiger partial charge in [-0.15, -0.1) is 0 Å². The van der Waals surface area contributed by atoms with Crippen LogP contribution in [0.25, 0.3) is 0 Å². The van der Waals surface area contributed by atoms with E-state index in [2.05, 4.69) is 0 Å². The Morgan fingerprint density at radius 2 is 1.92 bits per heavy atom. The van der Waals surface area contributed by atoms with E-state index >= 15 is 0 Å². The predicted octanol–water partition coefficient (Wildman–Crippen LogP) is -0.101. The number of carboxylic acid groups (broad SMARTS) is 2. The van der Waals surface area contributed by atoms with Crippen LogP contribution in [0.4, 0.5) is 0 Å². The van der Waals surface area contributed by atoms with Gasteiger partial charge in [-0.2, -0.15) is 0 Å². The number of nitrogens with two attached hydrogens (primary N) is 1. The van der Waals surface area contributed by atoms with Crippen molar-refractivity contribution in [1.82, 2.24) is 0 Å². The van der Waals surface area contributed by atoms with Gasteiger partial charge in [0.1, 0.15) is 0 Å². The van der Waals surface area contributed by atoms with Crippen molar-refractivity contribution in [3.63, 3.8) is 0 Å². The molecule has 0 saturated carbocycles. The van der Waals surface area contributed by atoms with E-state index < -0.39 is 23.9 Å². The Kier molecular flexibility index (Phi) is 4.28. The maximum Gasteiger partial charge on any atom is 0.308 e. The molecular formula is C7H13NO4. The summed E-state index contributed by atoms with van der Waals surface area (Å²) in [5.74, 6) is -2.80. The average Bonchev–Trinajstić information content (AvgIpc) is 1.84. The second-order valence-corrected chi connectivity index (χ2v) is 2.74. The zero-order valence-electron chi connectivity index (χ0n) is 6.86. The molecule has 0 aromatic carbocycles. The van der Waals surface area contributed by atoms with Crippen LogP contribution in [0.5, 0.6) is 0 Å². The first-order valence-corrected chi connectivity index (χ1v) is 3.65. The van der Waals surface area contributed by atoms with Crippen LogP contribution in [-0.2, 0) is 9.59 Å². The van der Waals surface area contributed by atoms with Crippen LogP contribution in [-0.4, -0.2) is 28.2 Å². The van der Waals surface area contributed by atoms with E-state index in [4.69, 9.17) is 15.9 Å². The van der Waals surface area contributed by atoms with Crippen molar-refractivity contribution in [2.45, 2.75) is 25.8 Å². The summed E-state index contributed by atoms with van der Waals surface area (Å²) >= 11 is 0. The zero-order chi connectivity index (χ0) is 9.72. The first kappa shape index (κ1) is 10.9. The Balaban J connectivity index is 3.97.